The number of fused-ring (bicyclic) bond motifs is 1. The standard InChI is InChI=1S/C23H29N3O2/c1-22(2,3)17-11-15(12-18(20(17)28)23(4,5)6)19(27)14-25-13-16-9-7-8-10-26(16)21(25)24/h7-13,24,28H,14H2,1-6H3. The van der Waals surface area contributed by atoms with E-state index in [1.54, 1.807) is 21.1 Å². The minimum Gasteiger partial charge on any atom is -0.507 e. The fourth-order valence-corrected chi connectivity index (χ4v) is 3.42. The van der Waals surface area contributed by atoms with Crippen LogP contribution in [0.1, 0.15) is 63.0 Å². The number of aromatic nitrogens is 2. The van der Waals surface area contributed by atoms with Gasteiger partial charge in [0.1, 0.15) is 5.75 Å². The number of benzene rings is 1. The number of aromatic hydroxyl groups is 1. The third-order valence-electron chi connectivity index (χ3n) is 5.04. The van der Waals surface area contributed by atoms with Crippen LogP contribution in [-0.2, 0) is 17.4 Å². The van der Waals surface area contributed by atoms with Crippen molar-refractivity contribution in [2.75, 3.05) is 0 Å². The Balaban J connectivity index is 2.08. The maximum Gasteiger partial charge on any atom is 0.207 e. The van der Waals surface area contributed by atoms with E-state index in [1.165, 1.54) is 0 Å². The lowest BCUT2D eigenvalue weighted by Gasteiger charge is -2.28. The van der Waals surface area contributed by atoms with Gasteiger partial charge in [-0.05, 0) is 35.1 Å². The van der Waals surface area contributed by atoms with E-state index in [4.69, 9.17) is 5.41 Å². The summed E-state index contributed by atoms with van der Waals surface area (Å²) in [4.78, 5) is 13.1. The number of nitrogens with one attached hydrogen (secondary N) is 1. The monoisotopic (exact) mass is 379 g/mol. The van der Waals surface area contributed by atoms with Gasteiger partial charge in [0.15, 0.2) is 5.78 Å². The molecule has 0 fully saturated rings. The van der Waals surface area contributed by atoms with E-state index in [2.05, 4.69) is 0 Å². The highest BCUT2D eigenvalue weighted by molar-refractivity contribution is 5.96. The molecule has 0 saturated carbocycles. The first-order valence-corrected chi connectivity index (χ1v) is 9.52. The van der Waals surface area contributed by atoms with E-state index in [-0.39, 0.29) is 34.5 Å². The number of phenolic OH excluding ortho intramolecular Hbond substituents is 1. The second-order valence-corrected chi connectivity index (χ2v) is 9.42. The quantitative estimate of drug-likeness (QED) is 0.662. The lowest BCUT2D eigenvalue weighted by Crippen LogP contribution is -2.25. The molecule has 0 aliphatic rings. The molecule has 1 aromatic carbocycles. The van der Waals surface area contributed by atoms with E-state index >= 15 is 0 Å². The second kappa shape index (κ2) is 6.66. The molecule has 2 N–H and O–H groups in total. The van der Waals surface area contributed by atoms with Gasteiger partial charge in [-0.1, -0.05) is 47.6 Å². The molecule has 3 aromatic rings. The molecule has 0 amide bonds. The van der Waals surface area contributed by atoms with Crippen molar-refractivity contribution in [1.82, 2.24) is 8.97 Å². The predicted octanol–water partition coefficient (Wildman–Crippen LogP) is 4.40. The van der Waals surface area contributed by atoms with Crippen LogP contribution in [0.5, 0.6) is 5.75 Å². The van der Waals surface area contributed by atoms with E-state index in [0.717, 1.165) is 16.6 Å². The number of hydrogen-bond donors (Lipinski definition) is 2. The highest BCUT2D eigenvalue weighted by Crippen LogP contribution is 2.39. The van der Waals surface area contributed by atoms with Crippen molar-refractivity contribution in [1.29, 1.82) is 5.41 Å². The van der Waals surface area contributed by atoms with Crippen LogP contribution in [0.4, 0.5) is 0 Å². The van der Waals surface area contributed by atoms with Crippen molar-refractivity contribution in [3.05, 3.63) is 65.0 Å². The minimum absolute atomic E-state index is 0.0783. The lowest BCUT2D eigenvalue weighted by atomic mass is 9.78. The van der Waals surface area contributed by atoms with Gasteiger partial charge in [0.2, 0.25) is 5.62 Å². The van der Waals surface area contributed by atoms with Crippen LogP contribution in [0.15, 0.2) is 42.7 Å². The SMILES string of the molecule is CC(C)(C)c1cc(C(=O)Cn2cc3ccccn3c2=N)cc(C(C)(C)C)c1O. The molecule has 0 aliphatic heterocycles. The Bertz CT molecular complexity index is 1070. The van der Waals surface area contributed by atoms with Crippen LogP contribution in [0.25, 0.3) is 5.52 Å². The van der Waals surface area contributed by atoms with E-state index in [1.807, 2.05) is 72.1 Å². The fourth-order valence-electron chi connectivity index (χ4n) is 3.42. The number of carbonyl (C=O) groups is 1. The maximum absolute atomic E-state index is 13.1. The second-order valence-electron chi connectivity index (χ2n) is 9.42. The summed E-state index contributed by atoms with van der Waals surface area (Å²) in [5, 5.41) is 19.2. The van der Waals surface area contributed by atoms with Gasteiger partial charge in [0, 0.05) is 29.1 Å². The number of rotatable bonds is 3. The molecule has 2 aromatic heterocycles. The zero-order valence-electron chi connectivity index (χ0n) is 17.5. The lowest BCUT2D eigenvalue weighted by molar-refractivity contribution is 0.0970. The van der Waals surface area contributed by atoms with Crippen LogP contribution in [-0.4, -0.2) is 19.9 Å². The smallest absolute Gasteiger partial charge is 0.207 e. The Morgan fingerprint density at radius 2 is 1.61 bits per heavy atom. The summed E-state index contributed by atoms with van der Waals surface area (Å²) in [7, 11) is 0. The van der Waals surface area contributed by atoms with Gasteiger partial charge in [-0.25, -0.2) is 0 Å². The molecule has 148 valence electrons. The Hall–Kier alpha value is -2.82. The van der Waals surface area contributed by atoms with Gasteiger partial charge >= 0.3 is 0 Å². The molecule has 0 saturated heterocycles. The fraction of sp³-hybridized carbons (Fsp3) is 0.391. The van der Waals surface area contributed by atoms with Crippen molar-refractivity contribution >= 4 is 11.3 Å². The molecule has 5 heteroatoms. The van der Waals surface area contributed by atoms with Gasteiger partial charge in [0.05, 0.1) is 12.1 Å². The van der Waals surface area contributed by atoms with Crippen molar-refractivity contribution in [2.24, 2.45) is 0 Å². The first kappa shape index (κ1) is 19.9. The molecule has 0 bridgehead atoms. The molecule has 5 nitrogen and oxygen atoms in total. The highest BCUT2D eigenvalue weighted by Gasteiger charge is 2.27. The Morgan fingerprint density at radius 3 is 2.11 bits per heavy atom. The summed E-state index contributed by atoms with van der Waals surface area (Å²) in [6.07, 6.45) is 3.63. The number of Topliss-reactive ketones (excluding diaryl/α,β-unsaturated/α-hetero) is 1. The van der Waals surface area contributed by atoms with E-state index in [9.17, 15) is 9.90 Å². The maximum atomic E-state index is 13.1. The zero-order valence-corrected chi connectivity index (χ0v) is 17.5. The molecular formula is C23H29N3O2. The molecule has 0 unspecified atom stereocenters. The summed E-state index contributed by atoms with van der Waals surface area (Å²) in [6, 6.07) is 9.28. The van der Waals surface area contributed by atoms with Crippen LogP contribution in [0.2, 0.25) is 0 Å². The van der Waals surface area contributed by atoms with E-state index < -0.39 is 0 Å². The predicted molar refractivity (Wildman–Crippen MR) is 111 cm³/mol. The molecule has 2 heterocycles. The molecule has 3 rings (SSSR count). The van der Waals surface area contributed by atoms with Crippen molar-refractivity contribution < 1.29 is 9.90 Å². The Morgan fingerprint density at radius 1 is 1.04 bits per heavy atom. The largest absolute Gasteiger partial charge is 0.507 e. The Kier molecular flexibility index (Phi) is 4.74. The third-order valence-corrected chi connectivity index (χ3v) is 5.04. The topological polar surface area (TPSA) is 70.5 Å². The molecule has 0 radical (unpaired) electrons. The van der Waals surface area contributed by atoms with Gasteiger partial charge in [-0.3, -0.25) is 14.6 Å². The third kappa shape index (κ3) is 3.61. The molecule has 0 aliphatic carbocycles. The number of hydrogen-bond acceptors (Lipinski definition) is 3. The van der Waals surface area contributed by atoms with Crippen LogP contribution < -0.4 is 5.62 Å². The summed E-state index contributed by atoms with van der Waals surface area (Å²) < 4.78 is 3.39. The molecule has 0 atom stereocenters. The number of phenols is 1. The highest BCUT2D eigenvalue weighted by atomic mass is 16.3. The van der Waals surface area contributed by atoms with Crippen LogP contribution in [0, 0.1) is 5.41 Å². The van der Waals surface area contributed by atoms with Crippen molar-refractivity contribution in [3.63, 3.8) is 0 Å². The van der Waals surface area contributed by atoms with Crippen molar-refractivity contribution in [3.8, 4) is 5.75 Å². The number of carbonyl (C=O) groups excluding carboxylic acids is 1. The van der Waals surface area contributed by atoms with E-state index in [0.29, 0.717) is 5.56 Å². The first-order valence-electron chi connectivity index (χ1n) is 9.52. The zero-order chi connectivity index (χ0) is 20.9. The van der Waals surface area contributed by atoms with Crippen LogP contribution in [0.3, 0.4) is 0 Å². The summed E-state index contributed by atoms with van der Waals surface area (Å²) in [5.41, 5.74) is 2.64. The average Bonchev–Trinajstić information content (AvgIpc) is 2.89. The molecular weight excluding hydrogens is 350 g/mol. The Labute approximate surface area is 165 Å². The first-order chi connectivity index (χ1) is 12.9. The van der Waals surface area contributed by atoms with Gasteiger partial charge in [-0.15, -0.1) is 0 Å². The normalized spacial score (nSPS) is 12.5. The van der Waals surface area contributed by atoms with Crippen LogP contribution >= 0.6 is 0 Å². The van der Waals surface area contributed by atoms with Gasteiger partial charge in [-0.2, -0.15) is 0 Å². The summed E-state index contributed by atoms with van der Waals surface area (Å²) in [5.74, 6) is 0.186. The number of ketones is 1. The number of pyridine rings is 1. The molecule has 0 spiro atoms. The minimum atomic E-state index is -0.293. The molecule has 28 heavy (non-hydrogen) atoms. The summed E-state index contributed by atoms with van der Waals surface area (Å²) >= 11 is 0. The number of nitrogens with zero attached hydrogens (tertiary/aromatic N) is 2. The van der Waals surface area contributed by atoms with Gasteiger partial charge < -0.3 is 9.67 Å². The van der Waals surface area contributed by atoms with Gasteiger partial charge in [0.25, 0.3) is 0 Å². The average molecular weight is 380 g/mol. The number of imidazole rings is 1. The van der Waals surface area contributed by atoms with Crippen molar-refractivity contribution in [2.45, 2.75) is 58.9 Å². The summed E-state index contributed by atoms with van der Waals surface area (Å²) in [6.45, 7) is 12.2.